The van der Waals surface area contributed by atoms with Crippen molar-refractivity contribution in [1.29, 1.82) is 0 Å². The van der Waals surface area contributed by atoms with Crippen molar-refractivity contribution in [2.75, 3.05) is 0 Å². The van der Waals surface area contributed by atoms with Gasteiger partial charge in [0.1, 0.15) is 5.03 Å². The van der Waals surface area contributed by atoms with Crippen LogP contribution in [-0.2, 0) is 5.75 Å². The molecule has 0 aliphatic rings. The fourth-order valence-electron chi connectivity index (χ4n) is 2.32. The van der Waals surface area contributed by atoms with Gasteiger partial charge in [0.05, 0.1) is 0 Å². The summed E-state index contributed by atoms with van der Waals surface area (Å²) in [6.45, 7) is 19.1. The van der Waals surface area contributed by atoms with Crippen molar-refractivity contribution < 1.29 is 8.78 Å². The van der Waals surface area contributed by atoms with E-state index in [4.69, 9.17) is 11.6 Å². The molecule has 2 nitrogen and oxygen atoms in total. The van der Waals surface area contributed by atoms with Crippen LogP contribution in [0.25, 0.3) is 5.57 Å². The van der Waals surface area contributed by atoms with Crippen LogP contribution >= 0.6 is 23.4 Å². The lowest BCUT2D eigenvalue weighted by molar-refractivity contribution is 0.0633. The molecular formula is C29H43ClF2N2S. The Balaban J connectivity index is 0.000000735. The highest BCUT2D eigenvalue weighted by Gasteiger charge is 2.22. The Morgan fingerprint density at radius 2 is 1.66 bits per heavy atom. The molecule has 1 aromatic heterocycles. The van der Waals surface area contributed by atoms with Crippen LogP contribution in [-0.4, -0.2) is 15.9 Å². The molecule has 0 radical (unpaired) electrons. The molecule has 0 N–H and O–H groups in total. The van der Waals surface area contributed by atoms with Gasteiger partial charge in [-0.3, -0.25) is 0 Å². The van der Waals surface area contributed by atoms with Gasteiger partial charge < -0.3 is 0 Å². The second-order valence-corrected chi connectivity index (χ2v) is 10.3. The number of aryl methyl sites for hydroxylation is 1. The molecule has 2 aromatic rings. The van der Waals surface area contributed by atoms with Gasteiger partial charge in [0.15, 0.2) is 0 Å². The van der Waals surface area contributed by atoms with E-state index in [2.05, 4.69) is 75.8 Å². The first-order valence-corrected chi connectivity index (χ1v) is 13.5. The molecule has 0 saturated heterocycles. The molecule has 0 fully saturated rings. The number of hydrogen-bond donors (Lipinski definition) is 0. The Labute approximate surface area is 221 Å². The number of hydrogen-bond acceptors (Lipinski definition) is 3. The van der Waals surface area contributed by atoms with E-state index in [0.29, 0.717) is 5.28 Å². The summed E-state index contributed by atoms with van der Waals surface area (Å²) in [6, 6.07) is 8.77. The molecule has 1 heterocycles. The molecule has 35 heavy (non-hydrogen) atoms. The van der Waals surface area contributed by atoms with E-state index in [-0.39, 0.29) is 5.57 Å². The highest BCUT2D eigenvalue weighted by atomic mass is 35.5. The number of rotatable bonds is 7. The van der Waals surface area contributed by atoms with Crippen molar-refractivity contribution in [3.05, 3.63) is 69.7 Å². The zero-order valence-electron chi connectivity index (χ0n) is 23.1. The van der Waals surface area contributed by atoms with Gasteiger partial charge in [0, 0.05) is 18.9 Å². The Hall–Kier alpha value is -1.72. The fourth-order valence-corrected chi connectivity index (χ4v) is 3.43. The second kappa shape index (κ2) is 16.9. The van der Waals surface area contributed by atoms with E-state index in [1.807, 2.05) is 6.92 Å². The molecule has 0 unspecified atom stereocenters. The van der Waals surface area contributed by atoms with Crippen LogP contribution < -0.4 is 0 Å². The summed E-state index contributed by atoms with van der Waals surface area (Å²) in [5.74, 6) is -0.867. The van der Waals surface area contributed by atoms with Gasteiger partial charge in [0.25, 0.3) is 5.92 Å². The van der Waals surface area contributed by atoms with Crippen molar-refractivity contribution >= 4 is 28.9 Å². The molecule has 196 valence electrons. The van der Waals surface area contributed by atoms with Gasteiger partial charge in [-0.2, -0.15) is 0 Å². The molecule has 0 amide bonds. The van der Waals surface area contributed by atoms with Crippen molar-refractivity contribution in [1.82, 2.24) is 9.97 Å². The Morgan fingerprint density at radius 1 is 1.11 bits per heavy atom. The minimum atomic E-state index is -2.63. The van der Waals surface area contributed by atoms with E-state index in [9.17, 15) is 8.78 Å². The number of benzene rings is 1. The summed E-state index contributed by atoms with van der Waals surface area (Å²) >= 11 is 7.55. The molecule has 1 aromatic carbocycles. The van der Waals surface area contributed by atoms with E-state index in [1.165, 1.54) is 41.7 Å². The van der Waals surface area contributed by atoms with E-state index >= 15 is 0 Å². The summed E-state index contributed by atoms with van der Waals surface area (Å²) in [5.41, 5.74) is 6.58. The Kier molecular flexibility index (Phi) is 16.0. The third-order valence-electron chi connectivity index (χ3n) is 5.77. The number of allylic oxidation sites excluding steroid dienone is 4. The lowest BCUT2D eigenvalue weighted by Gasteiger charge is -2.08. The summed E-state index contributed by atoms with van der Waals surface area (Å²) in [4.78, 5) is 8.26. The minimum Gasteiger partial charge on any atom is -0.226 e. The van der Waals surface area contributed by atoms with E-state index in [0.717, 1.165) is 35.6 Å². The van der Waals surface area contributed by atoms with Crippen LogP contribution in [0, 0.1) is 12.8 Å². The fraction of sp³-hybridized carbons (Fsp3) is 0.517. The highest BCUT2D eigenvalue weighted by Crippen LogP contribution is 2.26. The number of nitrogens with zero attached hydrogens (tertiary/aromatic N) is 2. The maximum Gasteiger partial charge on any atom is 0.266 e. The zero-order chi connectivity index (χ0) is 27.2. The standard InChI is InChI=1S/C18H21ClN2S.C6H10F2.C5H12/c1-5-12(2)14(4)16-8-6-15(7-9-16)11-22-17-13(3)10-20-18(19)21-17;1-4-5(2)6(3,7)8;1-4-5(2)3/h6-10H,5,11H2,1-4H3;4H,1-3H3;5H,4H2,1-3H3/b;5-4+;. The number of alkyl halides is 2. The molecule has 6 heteroatoms. The summed E-state index contributed by atoms with van der Waals surface area (Å²) in [7, 11) is 0. The third-order valence-corrected chi connectivity index (χ3v) is 7.12. The van der Waals surface area contributed by atoms with E-state index < -0.39 is 5.92 Å². The van der Waals surface area contributed by atoms with Crippen molar-refractivity contribution in [2.24, 2.45) is 5.92 Å². The molecule has 0 atom stereocenters. The maximum absolute atomic E-state index is 12.0. The Morgan fingerprint density at radius 3 is 2.06 bits per heavy atom. The van der Waals surface area contributed by atoms with Gasteiger partial charge in [-0.1, -0.05) is 70.0 Å². The monoisotopic (exact) mass is 524 g/mol. The molecular weight excluding hydrogens is 482 g/mol. The predicted molar refractivity (Wildman–Crippen MR) is 152 cm³/mol. The zero-order valence-corrected chi connectivity index (χ0v) is 24.7. The van der Waals surface area contributed by atoms with Crippen LogP contribution in [0.5, 0.6) is 0 Å². The lowest BCUT2D eigenvalue weighted by atomic mass is 10.00. The largest absolute Gasteiger partial charge is 0.266 e. The summed E-state index contributed by atoms with van der Waals surface area (Å²) in [6.07, 6.45) is 5.58. The van der Waals surface area contributed by atoms with E-state index in [1.54, 1.807) is 24.9 Å². The number of aromatic nitrogens is 2. The third kappa shape index (κ3) is 13.8. The molecule has 0 aliphatic heterocycles. The van der Waals surface area contributed by atoms with Crippen LogP contribution in [0.4, 0.5) is 8.78 Å². The summed E-state index contributed by atoms with van der Waals surface area (Å²) in [5, 5.41) is 1.25. The first kappa shape index (κ1) is 33.3. The van der Waals surface area contributed by atoms with Crippen molar-refractivity contribution in [2.45, 2.75) is 98.8 Å². The molecule has 0 spiro atoms. The Bertz CT molecular complexity index is 946. The summed E-state index contributed by atoms with van der Waals surface area (Å²) < 4.78 is 24.1. The number of halogens is 3. The van der Waals surface area contributed by atoms with Gasteiger partial charge >= 0.3 is 0 Å². The van der Waals surface area contributed by atoms with Gasteiger partial charge in [-0.25, -0.2) is 18.7 Å². The molecule has 0 saturated carbocycles. The quantitative estimate of drug-likeness (QED) is 0.156. The SMILES string of the molecule is C/C=C(\C)C(C)(F)F.CCC(C)=C(C)c1ccc(CSc2nc(Cl)ncc2C)cc1.CCC(C)C. The van der Waals surface area contributed by atoms with Crippen LogP contribution in [0.3, 0.4) is 0 Å². The van der Waals surface area contributed by atoms with Gasteiger partial charge in [-0.15, -0.1) is 11.8 Å². The molecule has 2 rings (SSSR count). The minimum absolute atomic E-state index is 0.123. The number of thioether (sulfide) groups is 1. The highest BCUT2D eigenvalue weighted by molar-refractivity contribution is 7.98. The predicted octanol–water partition coefficient (Wildman–Crippen LogP) is 10.6. The van der Waals surface area contributed by atoms with Crippen LogP contribution in [0.1, 0.15) is 91.8 Å². The first-order chi connectivity index (χ1) is 16.3. The van der Waals surface area contributed by atoms with Gasteiger partial charge in [-0.05, 0) is 86.4 Å². The smallest absolute Gasteiger partial charge is 0.226 e. The van der Waals surface area contributed by atoms with Crippen LogP contribution in [0.2, 0.25) is 5.28 Å². The van der Waals surface area contributed by atoms with Crippen molar-refractivity contribution in [3.63, 3.8) is 0 Å². The maximum atomic E-state index is 12.0. The average Bonchev–Trinajstić information content (AvgIpc) is 2.83. The van der Waals surface area contributed by atoms with Crippen LogP contribution in [0.15, 0.2) is 52.7 Å². The molecule has 0 bridgehead atoms. The average molecular weight is 525 g/mol. The van der Waals surface area contributed by atoms with Gasteiger partial charge in [0.2, 0.25) is 5.28 Å². The van der Waals surface area contributed by atoms with Crippen molar-refractivity contribution in [3.8, 4) is 0 Å². The lowest BCUT2D eigenvalue weighted by Crippen LogP contribution is -2.10. The topological polar surface area (TPSA) is 25.8 Å². The first-order valence-electron chi connectivity index (χ1n) is 12.1. The normalized spacial score (nSPS) is 12.3. The molecule has 0 aliphatic carbocycles. The second-order valence-electron chi connectivity index (χ2n) is 9.03.